The molecule has 0 atom stereocenters. The molecule has 1 aromatic carbocycles. The zero-order valence-corrected chi connectivity index (χ0v) is 9.80. The smallest absolute Gasteiger partial charge is 0.427 e. The van der Waals surface area contributed by atoms with E-state index < -0.39 is 22.5 Å². The van der Waals surface area contributed by atoms with Crippen LogP contribution in [-0.2, 0) is 4.74 Å². The van der Waals surface area contributed by atoms with Gasteiger partial charge in [0.2, 0.25) is 0 Å². The SMILES string of the molecule is COC(=O)N/N=C\c1cc(Cl)cc([N+](=O)[O-])c1[O-]. The summed E-state index contributed by atoms with van der Waals surface area (Å²) in [6, 6.07) is 2.13. The summed E-state index contributed by atoms with van der Waals surface area (Å²) in [6.07, 6.45) is 0.105. The molecule has 1 rings (SSSR count). The molecule has 0 aliphatic heterocycles. The van der Waals surface area contributed by atoms with Gasteiger partial charge in [0.05, 0.1) is 18.2 Å². The predicted molar refractivity (Wildman–Crippen MR) is 60.7 cm³/mol. The van der Waals surface area contributed by atoms with Gasteiger partial charge in [-0.15, -0.1) is 0 Å². The van der Waals surface area contributed by atoms with Crippen LogP contribution in [0.5, 0.6) is 5.75 Å². The van der Waals surface area contributed by atoms with Crippen molar-refractivity contribution < 1.29 is 19.6 Å². The van der Waals surface area contributed by atoms with E-state index >= 15 is 0 Å². The lowest BCUT2D eigenvalue weighted by molar-refractivity contribution is -0.398. The largest absolute Gasteiger partial charge is 0.867 e. The first-order valence-electron chi connectivity index (χ1n) is 4.47. The fourth-order valence-electron chi connectivity index (χ4n) is 1.03. The molecule has 0 bridgehead atoms. The number of hydrogen-bond acceptors (Lipinski definition) is 6. The average molecular weight is 273 g/mol. The number of halogens is 1. The molecule has 96 valence electrons. The summed E-state index contributed by atoms with van der Waals surface area (Å²) in [4.78, 5) is 20.4. The van der Waals surface area contributed by atoms with Crippen molar-refractivity contribution >= 4 is 29.6 Å². The van der Waals surface area contributed by atoms with Crippen molar-refractivity contribution in [1.82, 2.24) is 5.43 Å². The van der Waals surface area contributed by atoms with Gasteiger partial charge >= 0.3 is 6.09 Å². The molecule has 0 aromatic heterocycles. The number of carbonyl (C=O) groups excluding carboxylic acids is 1. The normalized spacial score (nSPS) is 10.3. The Kier molecular flexibility index (Phi) is 4.44. The summed E-state index contributed by atoms with van der Waals surface area (Å²) in [7, 11) is 1.13. The van der Waals surface area contributed by atoms with Gasteiger partial charge in [0.15, 0.2) is 0 Å². The highest BCUT2D eigenvalue weighted by molar-refractivity contribution is 6.31. The van der Waals surface area contributed by atoms with Crippen molar-refractivity contribution in [2.45, 2.75) is 0 Å². The Hall–Kier alpha value is -2.35. The Bertz CT molecular complexity index is 517. The quantitative estimate of drug-likeness (QED) is 0.500. The van der Waals surface area contributed by atoms with Crippen molar-refractivity contribution in [2.24, 2.45) is 5.10 Å². The van der Waals surface area contributed by atoms with Gasteiger partial charge < -0.3 is 9.84 Å². The van der Waals surface area contributed by atoms with E-state index in [4.69, 9.17) is 11.6 Å². The molecule has 0 heterocycles. The van der Waals surface area contributed by atoms with Crippen molar-refractivity contribution in [3.63, 3.8) is 0 Å². The van der Waals surface area contributed by atoms with Crippen LogP contribution < -0.4 is 10.5 Å². The van der Waals surface area contributed by atoms with E-state index in [2.05, 4.69) is 9.84 Å². The van der Waals surface area contributed by atoms with Crippen molar-refractivity contribution in [2.75, 3.05) is 7.11 Å². The Morgan fingerprint density at radius 2 is 2.28 bits per heavy atom. The molecule has 0 saturated carbocycles. The van der Waals surface area contributed by atoms with Gasteiger partial charge in [-0.2, -0.15) is 5.10 Å². The van der Waals surface area contributed by atoms with E-state index in [1.54, 1.807) is 0 Å². The minimum Gasteiger partial charge on any atom is -0.867 e. The standard InChI is InChI=1S/C9H8ClN3O5/c1-18-9(15)12-11-4-5-2-6(10)3-7(8(5)14)13(16)17/h2-4,14H,1H3,(H,12,15)/p-1/b11-4-. The number of hydrogen-bond donors (Lipinski definition) is 1. The second-order valence-corrected chi connectivity index (χ2v) is 3.40. The van der Waals surface area contributed by atoms with E-state index in [9.17, 15) is 20.0 Å². The van der Waals surface area contributed by atoms with Crippen LogP contribution in [-0.4, -0.2) is 24.3 Å². The maximum absolute atomic E-state index is 11.6. The van der Waals surface area contributed by atoms with E-state index in [-0.39, 0.29) is 10.6 Å². The number of hydrazone groups is 1. The molecule has 1 amide bonds. The highest BCUT2D eigenvalue weighted by atomic mass is 35.5. The summed E-state index contributed by atoms with van der Waals surface area (Å²) >= 11 is 5.62. The van der Waals surface area contributed by atoms with Gasteiger partial charge in [0.25, 0.3) is 5.69 Å². The van der Waals surface area contributed by atoms with Crippen LogP contribution in [0.2, 0.25) is 5.02 Å². The first-order chi connectivity index (χ1) is 8.45. The zero-order chi connectivity index (χ0) is 13.7. The van der Waals surface area contributed by atoms with Crippen LogP contribution in [0.4, 0.5) is 10.5 Å². The van der Waals surface area contributed by atoms with Crippen LogP contribution in [0.1, 0.15) is 5.56 Å². The van der Waals surface area contributed by atoms with Gasteiger partial charge in [-0.1, -0.05) is 11.6 Å². The summed E-state index contributed by atoms with van der Waals surface area (Å²) in [5, 5.41) is 25.5. The van der Waals surface area contributed by atoms with E-state index in [1.165, 1.54) is 6.07 Å². The number of nitro benzene ring substituents is 1. The highest BCUT2D eigenvalue weighted by Crippen LogP contribution is 2.29. The topological polar surface area (TPSA) is 117 Å². The van der Waals surface area contributed by atoms with Crippen LogP contribution in [0.15, 0.2) is 17.2 Å². The molecule has 1 aromatic rings. The molecule has 0 unspecified atom stereocenters. The van der Waals surface area contributed by atoms with Crippen LogP contribution >= 0.6 is 11.6 Å². The van der Waals surface area contributed by atoms with Gasteiger partial charge in [0.1, 0.15) is 0 Å². The summed E-state index contributed by atoms with van der Waals surface area (Å²) in [5.74, 6) is -0.847. The summed E-state index contributed by atoms with van der Waals surface area (Å²) in [6.45, 7) is 0. The molecule has 0 radical (unpaired) electrons. The molecule has 0 aliphatic rings. The van der Waals surface area contributed by atoms with Crippen molar-refractivity contribution in [3.8, 4) is 5.75 Å². The predicted octanol–water partition coefficient (Wildman–Crippen LogP) is 1.01. The molecule has 0 aliphatic carbocycles. The lowest BCUT2D eigenvalue weighted by Crippen LogP contribution is -2.17. The maximum atomic E-state index is 11.6. The maximum Gasteiger partial charge on any atom is 0.427 e. The van der Waals surface area contributed by atoms with Gasteiger partial charge in [-0.05, 0) is 17.4 Å². The lowest BCUT2D eigenvalue weighted by Gasteiger charge is -2.10. The van der Waals surface area contributed by atoms with E-state index in [0.29, 0.717) is 0 Å². The number of benzene rings is 1. The lowest BCUT2D eigenvalue weighted by atomic mass is 10.2. The number of nitrogens with zero attached hydrogens (tertiary/aromatic N) is 2. The molecule has 18 heavy (non-hydrogen) atoms. The molecule has 8 nitrogen and oxygen atoms in total. The summed E-state index contributed by atoms with van der Waals surface area (Å²) in [5.41, 5.74) is 1.15. The third-order valence-electron chi connectivity index (χ3n) is 1.80. The fraction of sp³-hybridized carbons (Fsp3) is 0.111. The van der Waals surface area contributed by atoms with Crippen LogP contribution in [0.25, 0.3) is 0 Å². The van der Waals surface area contributed by atoms with E-state index in [1.807, 2.05) is 5.43 Å². The number of amides is 1. The number of nitrogens with one attached hydrogen (secondary N) is 1. The van der Waals surface area contributed by atoms with Gasteiger partial charge in [-0.25, -0.2) is 10.2 Å². The molecule has 0 spiro atoms. The fourth-order valence-corrected chi connectivity index (χ4v) is 1.25. The minimum absolute atomic E-state index is 0.0146. The monoisotopic (exact) mass is 272 g/mol. The van der Waals surface area contributed by atoms with Crippen LogP contribution in [0.3, 0.4) is 0 Å². The second-order valence-electron chi connectivity index (χ2n) is 2.96. The number of rotatable bonds is 3. The molecular formula is C9H7ClN3O5-. The van der Waals surface area contributed by atoms with Crippen molar-refractivity contribution in [3.05, 3.63) is 32.8 Å². The Morgan fingerprint density at radius 3 is 2.83 bits per heavy atom. The molecule has 1 N–H and O–H groups in total. The number of methoxy groups -OCH3 is 1. The third-order valence-corrected chi connectivity index (χ3v) is 2.02. The van der Waals surface area contributed by atoms with E-state index in [0.717, 1.165) is 19.4 Å². The van der Waals surface area contributed by atoms with Gasteiger partial charge in [0, 0.05) is 11.1 Å². The Balaban J connectivity index is 3.02. The molecule has 0 fully saturated rings. The first-order valence-corrected chi connectivity index (χ1v) is 4.85. The summed E-state index contributed by atoms with van der Waals surface area (Å²) < 4.78 is 4.23. The molecular weight excluding hydrogens is 266 g/mol. The Morgan fingerprint density at radius 1 is 1.61 bits per heavy atom. The zero-order valence-electron chi connectivity index (χ0n) is 9.05. The van der Waals surface area contributed by atoms with Crippen LogP contribution in [0, 0.1) is 10.1 Å². The number of nitro groups is 1. The Labute approximate surface area is 106 Å². The highest BCUT2D eigenvalue weighted by Gasteiger charge is 2.11. The number of carbonyl (C=O) groups is 1. The van der Waals surface area contributed by atoms with Crippen molar-refractivity contribution in [1.29, 1.82) is 0 Å². The second kappa shape index (κ2) is 5.82. The molecule has 9 heteroatoms. The average Bonchev–Trinajstić information content (AvgIpc) is 2.32. The minimum atomic E-state index is -0.848. The third kappa shape index (κ3) is 3.32. The van der Waals surface area contributed by atoms with Gasteiger partial charge in [-0.3, -0.25) is 10.1 Å². The first kappa shape index (κ1) is 13.7. The number of ether oxygens (including phenoxy) is 1. The molecule has 0 saturated heterocycles.